The van der Waals surface area contributed by atoms with E-state index >= 15 is 0 Å². The molecular formula is C19H19BrN2O4. The van der Waals surface area contributed by atoms with Crippen molar-refractivity contribution in [3.05, 3.63) is 46.9 Å². The van der Waals surface area contributed by atoms with E-state index in [1.54, 1.807) is 26.0 Å². The van der Waals surface area contributed by atoms with Crippen molar-refractivity contribution in [2.75, 3.05) is 18.6 Å². The first kappa shape index (κ1) is 18.3. The number of hydrogen-bond donors (Lipinski definition) is 0. The summed E-state index contributed by atoms with van der Waals surface area (Å²) in [5.74, 6) is 0.204. The molecule has 0 fully saturated rings. The highest BCUT2D eigenvalue weighted by molar-refractivity contribution is 9.10. The fourth-order valence-electron chi connectivity index (χ4n) is 2.40. The number of hydrogen-bond acceptors (Lipinski definition) is 6. The molecule has 0 N–H and O–H groups in total. The maximum Gasteiger partial charge on any atom is 0.347 e. The highest BCUT2D eigenvalue weighted by Gasteiger charge is 2.16. The van der Waals surface area contributed by atoms with E-state index in [9.17, 15) is 4.79 Å². The van der Waals surface area contributed by atoms with Gasteiger partial charge in [0.2, 0.25) is 0 Å². The Morgan fingerprint density at radius 3 is 2.69 bits per heavy atom. The van der Waals surface area contributed by atoms with Crippen LogP contribution in [0.5, 0.6) is 5.75 Å². The molecule has 7 heteroatoms. The van der Waals surface area contributed by atoms with Gasteiger partial charge in [-0.05, 0) is 56.3 Å². The Morgan fingerprint density at radius 2 is 2.00 bits per heavy atom. The van der Waals surface area contributed by atoms with E-state index in [2.05, 4.69) is 20.9 Å². The highest BCUT2D eigenvalue weighted by Crippen LogP contribution is 2.29. The van der Waals surface area contributed by atoms with E-state index in [-0.39, 0.29) is 5.97 Å². The summed E-state index contributed by atoms with van der Waals surface area (Å²) < 4.78 is 17.3. The number of halogens is 1. The molecule has 0 aliphatic heterocycles. The van der Waals surface area contributed by atoms with Gasteiger partial charge in [0.1, 0.15) is 11.3 Å². The van der Waals surface area contributed by atoms with Crippen molar-refractivity contribution >= 4 is 44.7 Å². The fourth-order valence-corrected chi connectivity index (χ4v) is 2.75. The maximum absolute atomic E-state index is 11.6. The Balaban J connectivity index is 1.73. The highest BCUT2D eigenvalue weighted by atomic mass is 79.9. The van der Waals surface area contributed by atoms with Crippen LogP contribution < -0.4 is 9.64 Å². The van der Waals surface area contributed by atoms with Crippen LogP contribution in [0.3, 0.4) is 0 Å². The van der Waals surface area contributed by atoms with Crippen molar-refractivity contribution in [2.24, 2.45) is 0 Å². The summed E-state index contributed by atoms with van der Waals surface area (Å²) in [5.41, 5.74) is 2.38. The van der Waals surface area contributed by atoms with Gasteiger partial charge in [-0.3, -0.25) is 4.90 Å². The minimum atomic E-state index is -0.658. The van der Waals surface area contributed by atoms with Crippen LogP contribution in [0.15, 0.2) is 51.4 Å². The second-order valence-corrected chi connectivity index (χ2v) is 6.59. The summed E-state index contributed by atoms with van der Waals surface area (Å²) >= 11 is 3.43. The molecule has 2 aromatic carbocycles. The van der Waals surface area contributed by atoms with Gasteiger partial charge in [0.25, 0.3) is 0 Å². The Labute approximate surface area is 159 Å². The van der Waals surface area contributed by atoms with Crippen LogP contribution in [0.1, 0.15) is 13.8 Å². The zero-order chi connectivity index (χ0) is 18.7. The second kappa shape index (κ2) is 7.78. The number of rotatable bonds is 6. The first-order valence-electron chi connectivity index (χ1n) is 8.21. The SMILES string of the molecule is CCOC(=O)C(C)Oc1ccc(N(C)c2nc3cc(Br)ccc3o2)cc1. The van der Waals surface area contributed by atoms with Crippen LogP contribution >= 0.6 is 15.9 Å². The molecule has 0 saturated carbocycles. The molecule has 3 rings (SSSR count). The summed E-state index contributed by atoms with van der Waals surface area (Å²) in [6, 6.07) is 13.5. The van der Waals surface area contributed by atoms with Crippen molar-refractivity contribution < 1.29 is 18.7 Å². The number of ether oxygens (including phenoxy) is 2. The Bertz CT molecular complexity index is 908. The lowest BCUT2D eigenvalue weighted by Gasteiger charge is -2.16. The van der Waals surface area contributed by atoms with Gasteiger partial charge in [0.05, 0.1) is 6.61 Å². The Hall–Kier alpha value is -2.54. The van der Waals surface area contributed by atoms with Gasteiger partial charge < -0.3 is 13.9 Å². The number of carbonyl (C=O) groups is 1. The van der Waals surface area contributed by atoms with Crippen LogP contribution in [0, 0.1) is 0 Å². The lowest BCUT2D eigenvalue weighted by atomic mass is 10.3. The van der Waals surface area contributed by atoms with E-state index in [1.165, 1.54) is 0 Å². The third-order valence-electron chi connectivity index (χ3n) is 3.78. The molecule has 0 radical (unpaired) electrons. The van der Waals surface area contributed by atoms with E-state index in [0.717, 1.165) is 21.3 Å². The number of carbonyl (C=O) groups excluding carboxylic acids is 1. The van der Waals surface area contributed by atoms with Crippen LogP contribution in [-0.4, -0.2) is 30.7 Å². The van der Waals surface area contributed by atoms with Crippen molar-refractivity contribution in [1.82, 2.24) is 4.98 Å². The third-order valence-corrected chi connectivity index (χ3v) is 4.27. The van der Waals surface area contributed by atoms with E-state index in [0.29, 0.717) is 18.4 Å². The normalized spacial score (nSPS) is 12.0. The van der Waals surface area contributed by atoms with Gasteiger partial charge >= 0.3 is 12.0 Å². The molecule has 0 aliphatic carbocycles. The molecule has 6 nitrogen and oxygen atoms in total. The Morgan fingerprint density at radius 1 is 1.27 bits per heavy atom. The fraction of sp³-hybridized carbons (Fsp3) is 0.263. The summed E-state index contributed by atoms with van der Waals surface area (Å²) in [6.07, 6.45) is -0.658. The summed E-state index contributed by atoms with van der Waals surface area (Å²) in [5, 5.41) is 0. The molecular weight excluding hydrogens is 400 g/mol. The van der Waals surface area contributed by atoms with Crippen molar-refractivity contribution in [2.45, 2.75) is 20.0 Å². The molecule has 0 aliphatic rings. The predicted molar refractivity (Wildman–Crippen MR) is 103 cm³/mol. The first-order valence-corrected chi connectivity index (χ1v) is 9.00. The Kier molecular flexibility index (Phi) is 5.46. The van der Waals surface area contributed by atoms with E-state index in [4.69, 9.17) is 13.9 Å². The molecule has 0 spiro atoms. The average Bonchev–Trinajstić information content (AvgIpc) is 3.05. The first-order chi connectivity index (χ1) is 12.5. The van der Waals surface area contributed by atoms with E-state index in [1.807, 2.05) is 42.3 Å². The molecule has 1 atom stereocenters. The number of benzene rings is 2. The maximum atomic E-state index is 11.6. The molecule has 0 amide bonds. The smallest absolute Gasteiger partial charge is 0.347 e. The number of nitrogens with zero attached hydrogens (tertiary/aromatic N) is 2. The van der Waals surface area contributed by atoms with Gasteiger partial charge in [-0.25, -0.2) is 4.79 Å². The monoisotopic (exact) mass is 418 g/mol. The molecule has 3 aromatic rings. The molecule has 26 heavy (non-hydrogen) atoms. The van der Waals surface area contributed by atoms with Crippen LogP contribution in [0.25, 0.3) is 11.1 Å². The summed E-state index contributed by atoms with van der Waals surface area (Å²) in [7, 11) is 1.87. The van der Waals surface area contributed by atoms with Crippen LogP contribution in [-0.2, 0) is 9.53 Å². The minimum absolute atomic E-state index is 0.331. The molecule has 136 valence electrons. The molecule has 0 bridgehead atoms. The predicted octanol–water partition coefficient (Wildman–Crippen LogP) is 4.69. The van der Waals surface area contributed by atoms with Crippen molar-refractivity contribution in [3.8, 4) is 5.75 Å². The zero-order valence-corrected chi connectivity index (χ0v) is 16.3. The van der Waals surface area contributed by atoms with Gasteiger partial charge in [0.15, 0.2) is 11.7 Å². The number of aromatic nitrogens is 1. The number of fused-ring (bicyclic) bond motifs is 1. The molecule has 1 heterocycles. The molecule has 0 saturated heterocycles. The number of oxazole rings is 1. The third kappa shape index (κ3) is 3.99. The van der Waals surface area contributed by atoms with Crippen molar-refractivity contribution in [3.63, 3.8) is 0 Å². The second-order valence-electron chi connectivity index (χ2n) is 5.67. The largest absolute Gasteiger partial charge is 0.479 e. The average molecular weight is 419 g/mol. The summed E-state index contributed by atoms with van der Waals surface area (Å²) in [6.45, 7) is 3.76. The topological polar surface area (TPSA) is 64.8 Å². The summed E-state index contributed by atoms with van der Waals surface area (Å²) in [4.78, 5) is 18.0. The quantitative estimate of drug-likeness (QED) is 0.541. The lowest BCUT2D eigenvalue weighted by Crippen LogP contribution is -2.26. The van der Waals surface area contributed by atoms with Crippen LogP contribution in [0.2, 0.25) is 0 Å². The van der Waals surface area contributed by atoms with Gasteiger partial charge in [-0.15, -0.1) is 0 Å². The number of esters is 1. The molecule has 1 unspecified atom stereocenters. The van der Waals surface area contributed by atoms with Crippen LogP contribution in [0.4, 0.5) is 11.7 Å². The number of anilines is 2. The molecule has 1 aromatic heterocycles. The van der Waals surface area contributed by atoms with Gasteiger partial charge in [-0.1, -0.05) is 15.9 Å². The van der Waals surface area contributed by atoms with Gasteiger partial charge in [0, 0.05) is 17.2 Å². The van der Waals surface area contributed by atoms with Crippen molar-refractivity contribution in [1.29, 1.82) is 0 Å². The van der Waals surface area contributed by atoms with E-state index < -0.39 is 6.10 Å². The standard InChI is InChI=1S/C19H19BrN2O4/c1-4-24-18(23)12(2)25-15-8-6-14(7-9-15)22(3)19-21-16-11-13(20)5-10-17(16)26-19/h5-12H,4H2,1-3H3. The minimum Gasteiger partial charge on any atom is -0.479 e. The van der Waals surface area contributed by atoms with Gasteiger partial charge in [-0.2, -0.15) is 4.98 Å². The zero-order valence-electron chi connectivity index (χ0n) is 14.7. The lowest BCUT2D eigenvalue weighted by molar-refractivity contribution is -0.150.